The molecule has 1 aliphatic heterocycles. The zero-order chi connectivity index (χ0) is 38.8. The van der Waals surface area contributed by atoms with E-state index in [-0.39, 0.29) is 6.17 Å². The highest BCUT2D eigenvalue weighted by molar-refractivity contribution is 6.13. The summed E-state index contributed by atoms with van der Waals surface area (Å²) < 4.78 is 0. The van der Waals surface area contributed by atoms with Gasteiger partial charge in [-0.2, -0.15) is 0 Å². The van der Waals surface area contributed by atoms with Crippen molar-refractivity contribution in [3.05, 3.63) is 244 Å². The molecule has 3 aliphatic rings. The number of aliphatic imine (C=N–C) groups is 2. The maximum absolute atomic E-state index is 5.30. The second kappa shape index (κ2) is 13.4. The average Bonchev–Trinajstić information content (AvgIpc) is 3.75. The van der Waals surface area contributed by atoms with Crippen molar-refractivity contribution in [2.45, 2.75) is 25.4 Å². The van der Waals surface area contributed by atoms with Gasteiger partial charge in [0.15, 0.2) is 5.84 Å². The fourth-order valence-electron chi connectivity index (χ4n) is 9.37. The van der Waals surface area contributed by atoms with E-state index in [9.17, 15) is 0 Å². The highest BCUT2D eigenvalue weighted by atomic mass is 15.2. The zero-order valence-electron chi connectivity index (χ0n) is 32.4. The largest absolute Gasteiger partial charge is 0.344 e. The maximum Gasteiger partial charge on any atom is 0.159 e. The van der Waals surface area contributed by atoms with Crippen LogP contribution in [0.3, 0.4) is 0 Å². The molecule has 0 saturated carbocycles. The molecule has 0 aromatic heterocycles. The van der Waals surface area contributed by atoms with E-state index >= 15 is 0 Å². The quantitative estimate of drug-likeness (QED) is 0.184. The van der Waals surface area contributed by atoms with Crippen molar-refractivity contribution < 1.29 is 0 Å². The summed E-state index contributed by atoms with van der Waals surface area (Å²) in [6.07, 6.45) is -0.284. The van der Waals surface area contributed by atoms with Gasteiger partial charge in [-0.05, 0) is 106 Å². The maximum atomic E-state index is 5.30. The van der Waals surface area contributed by atoms with E-state index in [2.05, 4.69) is 206 Å². The molecule has 58 heavy (non-hydrogen) atoms. The third-order valence-corrected chi connectivity index (χ3v) is 12.1. The molecule has 0 fully saturated rings. The highest BCUT2D eigenvalue weighted by Gasteiger charge is 2.52. The Kier molecular flexibility index (Phi) is 7.87. The van der Waals surface area contributed by atoms with E-state index in [0.717, 1.165) is 39.6 Å². The van der Waals surface area contributed by atoms with Crippen LogP contribution in [0.2, 0.25) is 0 Å². The molecule has 11 rings (SSSR count). The van der Waals surface area contributed by atoms with Gasteiger partial charge in [0.1, 0.15) is 12.0 Å². The molecule has 8 aromatic rings. The predicted molar refractivity (Wildman–Crippen MR) is 239 cm³/mol. The van der Waals surface area contributed by atoms with Crippen LogP contribution in [-0.2, 0) is 5.41 Å². The third kappa shape index (κ3) is 5.29. The lowest BCUT2D eigenvalue weighted by Crippen LogP contribution is -2.33. The molecule has 276 valence electrons. The highest BCUT2D eigenvalue weighted by Crippen LogP contribution is 2.63. The van der Waals surface area contributed by atoms with Crippen LogP contribution in [0.15, 0.2) is 204 Å². The summed E-state index contributed by atoms with van der Waals surface area (Å²) >= 11 is 0. The number of fused-ring (bicyclic) bond motifs is 10. The number of benzene rings is 8. The second-order valence-corrected chi connectivity index (χ2v) is 15.6. The van der Waals surface area contributed by atoms with Gasteiger partial charge >= 0.3 is 0 Å². The molecule has 1 heterocycles. The van der Waals surface area contributed by atoms with Gasteiger partial charge in [0.05, 0.1) is 5.41 Å². The Labute approximate surface area is 339 Å². The van der Waals surface area contributed by atoms with Crippen molar-refractivity contribution in [2.75, 3.05) is 4.90 Å². The van der Waals surface area contributed by atoms with Crippen molar-refractivity contribution in [3.63, 3.8) is 0 Å². The summed E-state index contributed by atoms with van der Waals surface area (Å²) in [6.45, 7) is 4.29. The van der Waals surface area contributed by atoms with Crippen molar-refractivity contribution in [1.29, 1.82) is 0 Å². The smallest absolute Gasteiger partial charge is 0.159 e. The summed E-state index contributed by atoms with van der Waals surface area (Å²) in [6, 6.07) is 70.5. The van der Waals surface area contributed by atoms with Crippen LogP contribution in [0.4, 0.5) is 17.1 Å². The van der Waals surface area contributed by atoms with Crippen LogP contribution in [0, 0.1) is 13.8 Å². The number of nitrogens with one attached hydrogen (secondary N) is 1. The van der Waals surface area contributed by atoms with Crippen molar-refractivity contribution >= 4 is 28.7 Å². The molecule has 2 aliphatic carbocycles. The summed E-state index contributed by atoms with van der Waals surface area (Å²) in [5, 5.41) is 3.63. The lowest BCUT2D eigenvalue weighted by molar-refractivity contribution is 0.674. The molecule has 2 atom stereocenters. The second-order valence-electron chi connectivity index (χ2n) is 15.6. The van der Waals surface area contributed by atoms with Crippen LogP contribution in [-0.4, -0.2) is 11.7 Å². The first-order valence-corrected chi connectivity index (χ1v) is 20.0. The number of rotatable bonds is 6. The van der Waals surface area contributed by atoms with E-state index < -0.39 is 5.41 Å². The van der Waals surface area contributed by atoms with Gasteiger partial charge in [0, 0.05) is 28.2 Å². The van der Waals surface area contributed by atoms with E-state index in [1.165, 1.54) is 55.6 Å². The van der Waals surface area contributed by atoms with Crippen LogP contribution >= 0.6 is 0 Å². The number of nitrogens with zero attached hydrogens (tertiary/aromatic N) is 3. The fraction of sp³-hybridized carbons (Fsp3) is 0.0741. The van der Waals surface area contributed by atoms with Gasteiger partial charge in [-0.1, -0.05) is 163 Å². The lowest BCUT2D eigenvalue weighted by atomic mass is 9.70. The number of anilines is 3. The first-order valence-electron chi connectivity index (χ1n) is 20.0. The molecule has 0 radical (unpaired) electrons. The van der Waals surface area contributed by atoms with E-state index in [0.29, 0.717) is 5.84 Å². The lowest BCUT2D eigenvalue weighted by Gasteiger charge is -2.32. The Bertz CT molecular complexity index is 2870. The van der Waals surface area contributed by atoms with Gasteiger partial charge in [-0.25, -0.2) is 9.98 Å². The average molecular weight is 745 g/mol. The van der Waals surface area contributed by atoms with Gasteiger partial charge in [0.25, 0.3) is 0 Å². The number of amidine groups is 2. The molecule has 1 spiro atoms. The normalized spacial score (nSPS) is 17.0. The summed E-state index contributed by atoms with van der Waals surface area (Å²) in [4.78, 5) is 12.9. The summed E-state index contributed by atoms with van der Waals surface area (Å²) in [7, 11) is 0. The molecule has 2 unspecified atom stereocenters. The predicted octanol–water partition coefficient (Wildman–Crippen LogP) is 12.6. The fourth-order valence-corrected chi connectivity index (χ4v) is 9.37. The van der Waals surface area contributed by atoms with Crippen molar-refractivity contribution in [1.82, 2.24) is 5.32 Å². The molecule has 4 heteroatoms. The topological polar surface area (TPSA) is 40.0 Å². The van der Waals surface area contributed by atoms with Crippen LogP contribution in [0.5, 0.6) is 0 Å². The molecule has 8 aromatic carbocycles. The molecule has 0 amide bonds. The monoisotopic (exact) mass is 744 g/mol. The SMILES string of the molecule is Cc1ccc(N(c2ccc(C)cc2)c2ccc3c(c2)C2(c4ccccc4-c4ccc(C5=NC(c6ccccc6)NC(c6ccccc6)=N5)cc42)c2ccccc2-3)cc1. The number of hydrogen-bond donors (Lipinski definition) is 1. The first kappa shape index (κ1) is 34.0. The van der Waals surface area contributed by atoms with Gasteiger partial charge < -0.3 is 10.2 Å². The van der Waals surface area contributed by atoms with Crippen LogP contribution < -0.4 is 10.2 Å². The first-order chi connectivity index (χ1) is 28.6. The van der Waals surface area contributed by atoms with Crippen LogP contribution in [0.1, 0.15) is 56.2 Å². The number of hydrogen-bond acceptors (Lipinski definition) is 4. The zero-order valence-corrected chi connectivity index (χ0v) is 32.4. The van der Waals surface area contributed by atoms with Gasteiger partial charge in [-0.3, -0.25) is 0 Å². The van der Waals surface area contributed by atoms with Gasteiger partial charge in [0.2, 0.25) is 0 Å². The molecule has 4 nitrogen and oxygen atoms in total. The Balaban J connectivity index is 1.15. The van der Waals surface area contributed by atoms with Gasteiger partial charge in [-0.15, -0.1) is 0 Å². The van der Waals surface area contributed by atoms with E-state index in [4.69, 9.17) is 9.98 Å². The summed E-state index contributed by atoms with van der Waals surface area (Å²) in [5.74, 6) is 1.52. The third-order valence-electron chi connectivity index (χ3n) is 12.1. The molecular weight excluding hydrogens is 705 g/mol. The van der Waals surface area contributed by atoms with E-state index in [1.807, 2.05) is 12.1 Å². The van der Waals surface area contributed by atoms with Crippen molar-refractivity contribution in [3.8, 4) is 22.3 Å². The van der Waals surface area contributed by atoms with E-state index in [1.54, 1.807) is 0 Å². The summed E-state index contributed by atoms with van der Waals surface area (Å²) in [5.41, 5.74) is 18.5. The Morgan fingerprint density at radius 1 is 0.448 bits per heavy atom. The minimum atomic E-state index is -0.561. The molecule has 0 bridgehead atoms. The Morgan fingerprint density at radius 3 is 1.57 bits per heavy atom. The minimum absolute atomic E-state index is 0.284. The van der Waals surface area contributed by atoms with Crippen LogP contribution in [0.25, 0.3) is 22.3 Å². The Morgan fingerprint density at radius 2 is 0.948 bits per heavy atom. The minimum Gasteiger partial charge on any atom is -0.344 e. The standard InChI is InChI=1S/C54H40N4/c1-35-21-26-40(27-22-35)58(41-28-23-36(2)24-29-41)42-30-32-46-44-18-10-12-20-48(44)54(50(46)34-42)47-19-11-9-17-43(47)45-31-25-39(33-49(45)54)53-56-51(37-13-5-3-6-14-37)55-52(57-53)38-15-7-4-8-16-38/h3-34,51H,1-2H3,(H,55,56,57). The molecule has 1 N–H and O–H groups in total. The van der Waals surface area contributed by atoms with Crippen molar-refractivity contribution in [2.24, 2.45) is 9.98 Å². The number of aryl methyl sites for hydroxylation is 2. The Hall–Kier alpha value is -7.30. The molecular formula is C54H40N4. The molecule has 0 saturated heterocycles.